The van der Waals surface area contributed by atoms with E-state index in [2.05, 4.69) is 17.0 Å². The predicted octanol–water partition coefficient (Wildman–Crippen LogP) is 4.88. The van der Waals surface area contributed by atoms with E-state index in [1.54, 1.807) is 12.1 Å². The highest BCUT2D eigenvalue weighted by atomic mass is 32.2. The summed E-state index contributed by atoms with van der Waals surface area (Å²) >= 11 is 1.43. The van der Waals surface area contributed by atoms with Crippen LogP contribution in [-0.2, 0) is 19.6 Å². The van der Waals surface area contributed by atoms with Gasteiger partial charge in [-0.15, -0.1) is 11.8 Å². The number of carbonyl (C=O) groups is 1. The second-order valence-electron chi connectivity index (χ2n) is 9.75. The average molecular weight is 551 g/mol. The van der Waals surface area contributed by atoms with Crippen LogP contribution in [0, 0.1) is 0 Å². The molecule has 2 saturated heterocycles. The molecule has 0 aromatic heterocycles. The number of morpholine rings is 1. The highest BCUT2D eigenvalue weighted by Gasteiger charge is 2.40. The summed E-state index contributed by atoms with van der Waals surface area (Å²) in [5.74, 6) is 0.636. The van der Waals surface area contributed by atoms with Crippen molar-refractivity contribution in [1.29, 1.82) is 0 Å². The molecular weight excluding hydrogens is 516 g/mol. The number of carbonyl (C=O) groups excluding carboxylic acids is 1. The van der Waals surface area contributed by atoms with Gasteiger partial charge in [-0.25, -0.2) is 8.42 Å². The Balaban J connectivity index is 1.30. The Bertz CT molecular complexity index is 1300. The second-order valence-corrected chi connectivity index (χ2v) is 12.8. The molecule has 2 fully saturated rings. The summed E-state index contributed by atoms with van der Waals surface area (Å²) in [5, 5.41) is -0.691. The van der Waals surface area contributed by atoms with E-state index in [0.717, 1.165) is 56.0 Å². The number of hydrogen-bond donors (Lipinski definition) is 0. The average Bonchev–Trinajstić information content (AvgIpc) is 3.48. The van der Waals surface area contributed by atoms with Crippen molar-refractivity contribution < 1.29 is 17.9 Å². The molecule has 38 heavy (non-hydrogen) atoms. The third-order valence-electron chi connectivity index (χ3n) is 7.31. The molecule has 3 aromatic rings. The molecule has 0 saturated carbocycles. The minimum absolute atomic E-state index is 0.0205. The molecule has 0 aliphatic carbocycles. The van der Waals surface area contributed by atoms with Gasteiger partial charge in [0.1, 0.15) is 5.37 Å². The van der Waals surface area contributed by atoms with Crippen LogP contribution in [-0.4, -0.2) is 73.9 Å². The number of Topliss-reactive ketones (excluding diaryl/α,β-unsaturated/α-hetero) is 1. The van der Waals surface area contributed by atoms with Gasteiger partial charge in [-0.1, -0.05) is 72.8 Å². The van der Waals surface area contributed by atoms with Gasteiger partial charge in [0.05, 0.1) is 18.1 Å². The number of sulfonamides is 1. The smallest absolute Gasteiger partial charge is 0.244 e. The van der Waals surface area contributed by atoms with Crippen molar-refractivity contribution in [3.05, 3.63) is 90.5 Å². The molecule has 2 aliphatic heterocycles. The van der Waals surface area contributed by atoms with Crippen molar-refractivity contribution in [3.8, 4) is 11.1 Å². The SMILES string of the molecule is O=C(CC(CCN1CCOCC1)c1ccccc1)C1SCCN1S(=O)(=O)c1ccc(-c2ccccc2)cc1. The van der Waals surface area contributed by atoms with Gasteiger partial charge in [-0.05, 0) is 47.7 Å². The van der Waals surface area contributed by atoms with E-state index in [9.17, 15) is 13.2 Å². The van der Waals surface area contributed by atoms with Crippen LogP contribution in [0.15, 0.2) is 89.8 Å². The van der Waals surface area contributed by atoms with Crippen LogP contribution < -0.4 is 0 Å². The lowest BCUT2D eigenvalue weighted by molar-refractivity contribution is -0.120. The topological polar surface area (TPSA) is 66.9 Å². The van der Waals surface area contributed by atoms with Gasteiger partial charge in [0.2, 0.25) is 10.0 Å². The Labute approximate surface area is 230 Å². The Kier molecular flexibility index (Phi) is 8.97. The van der Waals surface area contributed by atoms with Crippen LogP contribution in [0.1, 0.15) is 24.3 Å². The first-order chi connectivity index (χ1) is 18.5. The fourth-order valence-electron chi connectivity index (χ4n) is 5.16. The quantitative estimate of drug-likeness (QED) is 0.358. The Hall–Kier alpha value is -2.49. The lowest BCUT2D eigenvalue weighted by atomic mass is 9.90. The predicted molar refractivity (Wildman–Crippen MR) is 153 cm³/mol. The molecule has 2 aliphatic rings. The molecular formula is C30H34N2O4S2. The number of thioether (sulfide) groups is 1. The molecule has 2 atom stereocenters. The van der Waals surface area contributed by atoms with Gasteiger partial charge in [0, 0.05) is 31.8 Å². The van der Waals surface area contributed by atoms with Gasteiger partial charge in [0.15, 0.2) is 5.78 Å². The van der Waals surface area contributed by atoms with E-state index >= 15 is 0 Å². The molecule has 2 heterocycles. The lowest BCUT2D eigenvalue weighted by Gasteiger charge is -2.29. The summed E-state index contributed by atoms with van der Waals surface area (Å²) < 4.78 is 34.1. The van der Waals surface area contributed by atoms with Crippen molar-refractivity contribution in [2.24, 2.45) is 0 Å². The zero-order valence-corrected chi connectivity index (χ0v) is 23.1. The number of hydrogen-bond acceptors (Lipinski definition) is 6. The van der Waals surface area contributed by atoms with E-state index in [1.165, 1.54) is 16.1 Å². The number of ether oxygens (including phenoxy) is 1. The van der Waals surface area contributed by atoms with E-state index in [0.29, 0.717) is 18.7 Å². The zero-order valence-electron chi connectivity index (χ0n) is 21.4. The van der Waals surface area contributed by atoms with E-state index in [1.807, 2.05) is 60.7 Å². The summed E-state index contributed by atoms with van der Waals surface area (Å²) in [7, 11) is -3.79. The number of ketones is 1. The third-order valence-corrected chi connectivity index (χ3v) is 10.6. The van der Waals surface area contributed by atoms with E-state index in [-0.39, 0.29) is 16.6 Å². The summed E-state index contributed by atoms with van der Waals surface area (Å²) in [6.07, 6.45) is 1.17. The molecule has 0 bridgehead atoms. The number of rotatable bonds is 10. The monoisotopic (exact) mass is 550 g/mol. The first kappa shape index (κ1) is 27.1. The molecule has 0 spiro atoms. The molecule has 0 radical (unpaired) electrons. The molecule has 2 unspecified atom stereocenters. The summed E-state index contributed by atoms with van der Waals surface area (Å²) in [5.41, 5.74) is 3.12. The van der Waals surface area contributed by atoms with Gasteiger partial charge < -0.3 is 4.74 Å². The standard InChI is InChI=1S/C30H34N2O4S2/c33-29(23-27(25-9-5-2-6-10-25)15-16-31-17-20-36-21-18-31)30-32(19-22-37-30)38(34,35)28-13-11-26(12-14-28)24-7-3-1-4-8-24/h1-14,27,30H,15-23H2. The van der Waals surface area contributed by atoms with Crippen molar-refractivity contribution in [3.63, 3.8) is 0 Å². The molecule has 3 aromatic carbocycles. The fraction of sp³-hybridized carbons (Fsp3) is 0.367. The Morgan fingerprint density at radius 1 is 0.868 bits per heavy atom. The minimum atomic E-state index is -3.79. The second kappa shape index (κ2) is 12.6. The van der Waals surface area contributed by atoms with Crippen LogP contribution >= 0.6 is 11.8 Å². The highest BCUT2D eigenvalue weighted by molar-refractivity contribution is 8.02. The lowest BCUT2D eigenvalue weighted by Crippen LogP contribution is -2.40. The maximum absolute atomic E-state index is 13.6. The molecule has 5 rings (SSSR count). The number of nitrogens with zero attached hydrogens (tertiary/aromatic N) is 2. The maximum atomic E-state index is 13.6. The molecule has 8 heteroatoms. The largest absolute Gasteiger partial charge is 0.379 e. The van der Waals surface area contributed by atoms with Gasteiger partial charge >= 0.3 is 0 Å². The normalized spacial score (nSPS) is 19.8. The van der Waals surface area contributed by atoms with Crippen LogP contribution in [0.4, 0.5) is 0 Å². The van der Waals surface area contributed by atoms with Crippen LogP contribution in [0.25, 0.3) is 11.1 Å². The molecule has 0 amide bonds. The minimum Gasteiger partial charge on any atom is -0.379 e. The molecule has 0 N–H and O–H groups in total. The van der Waals surface area contributed by atoms with Crippen LogP contribution in [0.2, 0.25) is 0 Å². The van der Waals surface area contributed by atoms with E-state index < -0.39 is 15.4 Å². The van der Waals surface area contributed by atoms with Gasteiger partial charge in [-0.2, -0.15) is 4.31 Å². The fourth-order valence-corrected chi connectivity index (χ4v) is 8.33. The van der Waals surface area contributed by atoms with Crippen molar-refractivity contribution in [1.82, 2.24) is 9.21 Å². The summed E-state index contributed by atoms with van der Waals surface area (Å²) in [6.45, 7) is 4.53. The van der Waals surface area contributed by atoms with Crippen LogP contribution in [0.5, 0.6) is 0 Å². The van der Waals surface area contributed by atoms with Crippen molar-refractivity contribution in [2.75, 3.05) is 45.1 Å². The highest BCUT2D eigenvalue weighted by Crippen LogP contribution is 2.35. The molecule has 6 nitrogen and oxygen atoms in total. The zero-order chi connectivity index (χ0) is 26.4. The number of benzene rings is 3. The van der Waals surface area contributed by atoms with Gasteiger partial charge in [0.25, 0.3) is 0 Å². The van der Waals surface area contributed by atoms with Crippen molar-refractivity contribution >= 4 is 27.6 Å². The summed E-state index contributed by atoms with van der Waals surface area (Å²) in [6, 6.07) is 27.0. The van der Waals surface area contributed by atoms with Crippen LogP contribution in [0.3, 0.4) is 0 Å². The first-order valence-electron chi connectivity index (χ1n) is 13.2. The van der Waals surface area contributed by atoms with Crippen molar-refractivity contribution in [2.45, 2.75) is 29.0 Å². The third kappa shape index (κ3) is 6.38. The Morgan fingerprint density at radius 2 is 1.50 bits per heavy atom. The summed E-state index contributed by atoms with van der Waals surface area (Å²) in [4.78, 5) is 16.3. The van der Waals surface area contributed by atoms with E-state index in [4.69, 9.17) is 4.74 Å². The van der Waals surface area contributed by atoms with Gasteiger partial charge in [-0.3, -0.25) is 9.69 Å². The first-order valence-corrected chi connectivity index (χ1v) is 15.7. The maximum Gasteiger partial charge on any atom is 0.244 e. The molecule has 200 valence electrons. The Morgan fingerprint density at radius 3 is 2.18 bits per heavy atom.